The number of hydrogen-bond donors (Lipinski definition) is 1. The maximum absolute atomic E-state index is 12.2. The number of amides is 1. The molecule has 0 aliphatic carbocycles. The summed E-state index contributed by atoms with van der Waals surface area (Å²) < 4.78 is 6.42. The Morgan fingerprint density at radius 2 is 2.04 bits per heavy atom. The fourth-order valence-corrected chi connectivity index (χ4v) is 4.64. The number of Topliss-reactive ketones (excluding diaryl/α,β-unsaturated/α-hetero) is 1. The summed E-state index contributed by atoms with van der Waals surface area (Å²) in [7, 11) is 0. The molecule has 0 bridgehead atoms. The normalized spacial score (nSPS) is 14.4. The van der Waals surface area contributed by atoms with E-state index in [0.29, 0.717) is 4.88 Å². The highest BCUT2D eigenvalue weighted by molar-refractivity contribution is 7.22. The van der Waals surface area contributed by atoms with Crippen LogP contribution in [0.4, 0.5) is 10.8 Å². The summed E-state index contributed by atoms with van der Waals surface area (Å²) in [6.45, 7) is 3.15. The molecular formula is C19H19N3O3S2. The van der Waals surface area contributed by atoms with Crippen molar-refractivity contribution in [3.05, 3.63) is 40.6 Å². The van der Waals surface area contributed by atoms with Gasteiger partial charge < -0.3 is 15.0 Å². The number of ether oxygens (including phenoxy) is 1. The fourth-order valence-electron chi connectivity index (χ4n) is 2.89. The summed E-state index contributed by atoms with van der Waals surface area (Å²) in [5.74, 6) is -0.148. The first-order valence-corrected chi connectivity index (χ1v) is 10.5. The van der Waals surface area contributed by atoms with Crippen LogP contribution in [0.15, 0.2) is 35.7 Å². The molecule has 0 radical (unpaired) electrons. The number of thiazole rings is 1. The molecule has 27 heavy (non-hydrogen) atoms. The van der Waals surface area contributed by atoms with Gasteiger partial charge >= 0.3 is 0 Å². The van der Waals surface area contributed by atoms with Gasteiger partial charge in [0.1, 0.15) is 0 Å². The van der Waals surface area contributed by atoms with E-state index in [4.69, 9.17) is 4.74 Å². The topological polar surface area (TPSA) is 71.5 Å². The van der Waals surface area contributed by atoms with Gasteiger partial charge in [-0.05, 0) is 29.6 Å². The number of thiophene rings is 1. The molecule has 0 saturated carbocycles. The molecule has 1 aromatic carbocycles. The van der Waals surface area contributed by atoms with Crippen LogP contribution in [0.25, 0.3) is 10.2 Å². The van der Waals surface area contributed by atoms with Crippen LogP contribution in [0.3, 0.4) is 0 Å². The third-order valence-electron chi connectivity index (χ3n) is 4.32. The number of rotatable bonds is 6. The first-order valence-electron chi connectivity index (χ1n) is 8.79. The van der Waals surface area contributed by atoms with E-state index in [1.54, 1.807) is 17.4 Å². The van der Waals surface area contributed by atoms with Crippen molar-refractivity contribution in [1.29, 1.82) is 0 Å². The number of nitrogens with one attached hydrogen (secondary N) is 1. The van der Waals surface area contributed by atoms with Gasteiger partial charge in [-0.15, -0.1) is 11.3 Å². The lowest BCUT2D eigenvalue weighted by molar-refractivity contribution is -0.116. The molecule has 0 spiro atoms. The SMILES string of the molecule is O=C(CCC(=O)c1cccs1)Nc1ccc2nc(N3CCOCC3)sc2c1. The summed E-state index contributed by atoms with van der Waals surface area (Å²) >= 11 is 3.02. The van der Waals surface area contributed by atoms with Gasteiger partial charge in [-0.2, -0.15) is 0 Å². The number of morpholine rings is 1. The van der Waals surface area contributed by atoms with Crippen LogP contribution in [-0.2, 0) is 9.53 Å². The average molecular weight is 402 g/mol. The number of fused-ring (bicyclic) bond motifs is 1. The summed E-state index contributed by atoms with van der Waals surface area (Å²) in [6.07, 6.45) is 0.396. The minimum Gasteiger partial charge on any atom is -0.378 e. The summed E-state index contributed by atoms with van der Waals surface area (Å²) in [4.78, 5) is 31.8. The van der Waals surface area contributed by atoms with E-state index in [2.05, 4.69) is 15.2 Å². The second-order valence-corrected chi connectivity index (χ2v) is 8.18. The molecule has 3 heterocycles. The summed E-state index contributed by atoms with van der Waals surface area (Å²) in [6, 6.07) is 9.34. The van der Waals surface area contributed by atoms with E-state index in [0.717, 1.165) is 47.3 Å². The maximum Gasteiger partial charge on any atom is 0.224 e. The van der Waals surface area contributed by atoms with Crippen LogP contribution < -0.4 is 10.2 Å². The van der Waals surface area contributed by atoms with Crippen molar-refractivity contribution in [2.75, 3.05) is 36.5 Å². The number of anilines is 2. The zero-order valence-corrected chi connectivity index (χ0v) is 16.3. The van der Waals surface area contributed by atoms with E-state index in [1.807, 2.05) is 29.6 Å². The Hall–Kier alpha value is -2.29. The van der Waals surface area contributed by atoms with Crippen molar-refractivity contribution in [2.45, 2.75) is 12.8 Å². The minimum absolute atomic E-state index is 0.00760. The highest BCUT2D eigenvalue weighted by Crippen LogP contribution is 2.31. The minimum atomic E-state index is -0.155. The van der Waals surface area contributed by atoms with Crippen molar-refractivity contribution >= 4 is 55.4 Å². The predicted molar refractivity (Wildman–Crippen MR) is 109 cm³/mol. The van der Waals surface area contributed by atoms with Crippen molar-refractivity contribution in [3.63, 3.8) is 0 Å². The molecule has 1 N–H and O–H groups in total. The van der Waals surface area contributed by atoms with Gasteiger partial charge in [-0.1, -0.05) is 17.4 Å². The highest BCUT2D eigenvalue weighted by atomic mass is 32.1. The summed E-state index contributed by atoms with van der Waals surface area (Å²) in [5, 5.41) is 5.73. The number of nitrogens with zero attached hydrogens (tertiary/aromatic N) is 2. The molecule has 0 atom stereocenters. The number of aromatic nitrogens is 1. The Morgan fingerprint density at radius 3 is 2.81 bits per heavy atom. The molecule has 140 valence electrons. The van der Waals surface area contributed by atoms with Gasteiger partial charge in [0.25, 0.3) is 0 Å². The van der Waals surface area contributed by atoms with Gasteiger partial charge in [0.15, 0.2) is 10.9 Å². The molecular weight excluding hydrogens is 382 g/mol. The average Bonchev–Trinajstić information content (AvgIpc) is 3.36. The fraction of sp³-hybridized carbons (Fsp3) is 0.316. The predicted octanol–water partition coefficient (Wildman–Crippen LogP) is 3.80. The zero-order valence-electron chi connectivity index (χ0n) is 14.6. The quantitative estimate of drug-likeness (QED) is 0.636. The van der Waals surface area contributed by atoms with Gasteiger partial charge in [0.2, 0.25) is 5.91 Å². The van der Waals surface area contributed by atoms with E-state index >= 15 is 0 Å². The third-order valence-corrected chi connectivity index (χ3v) is 6.31. The van der Waals surface area contributed by atoms with E-state index in [9.17, 15) is 9.59 Å². The number of carbonyl (C=O) groups excluding carboxylic acids is 2. The lowest BCUT2D eigenvalue weighted by Gasteiger charge is -2.25. The van der Waals surface area contributed by atoms with Gasteiger partial charge in [-0.25, -0.2) is 4.98 Å². The molecule has 8 heteroatoms. The van der Waals surface area contributed by atoms with Crippen LogP contribution in [0.1, 0.15) is 22.5 Å². The molecule has 2 aromatic heterocycles. The molecule has 1 saturated heterocycles. The Labute approximate surface area is 164 Å². The summed E-state index contributed by atoms with van der Waals surface area (Å²) in [5.41, 5.74) is 1.65. The molecule has 1 aliphatic rings. The van der Waals surface area contributed by atoms with Crippen LogP contribution in [0, 0.1) is 0 Å². The Morgan fingerprint density at radius 1 is 1.19 bits per heavy atom. The first kappa shape index (κ1) is 18.1. The maximum atomic E-state index is 12.2. The Bertz CT molecular complexity index is 946. The van der Waals surface area contributed by atoms with Crippen LogP contribution >= 0.6 is 22.7 Å². The zero-order chi connectivity index (χ0) is 18.6. The number of hydrogen-bond acceptors (Lipinski definition) is 7. The monoisotopic (exact) mass is 401 g/mol. The third kappa shape index (κ3) is 4.35. The van der Waals surface area contributed by atoms with Crippen molar-refractivity contribution in [2.24, 2.45) is 0 Å². The van der Waals surface area contributed by atoms with Gasteiger partial charge in [0, 0.05) is 31.6 Å². The lowest BCUT2D eigenvalue weighted by Crippen LogP contribution is -2.36. The van der Waals surface area contributed by atoms with Crippen molar-refractivity contribution in [1.82, 2.24) is 4.98 Å². The largest absolute Gasteiger partial charge is 0.378 e. The molecule has 1 amide bonds. The standard InChI is InChI=1S/C19H19N3O3S2/c23-15(16-2-1-11-26-16)5-6-18(24)20-13-3-4-14-17(12-13)27-19(21-14)22-7-9-25-10-8-22/h1-4,11-12H,5-10H2,(H,20,24). The molecule has 0 unspecified atom stereocenters. The molecule has 4 rings (SSSR count). The number of ketones is 1. The number of carbonyl (C=O) groups is 2. The van der Waals surface area contributed by atoms with Crippen LogP contribution in [-0.4, -0.2) is 43.0 Å². The highest BCUT2D eigenvalue weighted by Gasteiger charge is 2.16. The van der Waals surface area contributed by atoms with Gasteiger partial charge in [-0.3, -0.25) is 9.59 Å². The second-order valence-electron chi connectivity index (χ2n) is 6.23. The number of benzene rings is 1. The Kier molecular flexibility index (Phi) is 5.47. The van der Waals surface area contributed by atoms with Crippen LogP contribution in [0.5, 0.6) is 0 Å². The van der Waals surface area contributed by atoms with E-state index < -0.39 is 0 Å². The molecule has 1 fully saturated rings. The first-order chi connectivity index (χ1) is 13.2. The smallest absolute Gasteiger partial charge is 0.224 e. The molecule has 6 nitrogen and oxygen atoms in total. The van der Waals surface area contributed by atoms with E-state index in [-0.39, 0.29) is 24.5 Å². The molecule has 1 aliphatic heterocycles. The lowest BCUT2D eigenvalue weighted by atomic mass is 10.2. The van der Waals surface area contributed by atoms with Crippen molar-refractivity contribution < 1.29 is 14.3 Å². The Balaban J connectivity index is 1.38. The van der Waals surface area contributed by atoms with Crippen molar-refractivity contribution in [3.8, 4) is 0 Å². The van der Waals surface area contributed by atoms with E-state index in [1.165, 1.54) is 11.3 Å². The van der Waals surface area contributed by atoms with Gasteiger partial charge in [0.05, 0.1) is 28.3 Å². The second kappa shape index (κ2) is 8.16. The molecule has 3 aromatic rings. The van der Waals surface area contributed by atoms with Crippen LogP contribution in [0.2, 0.25) is 0 Å².